The Hall–Kier alpha value is -0.120. The van der Waals surface area contributed by atoms with E-state index >= 15 is 0 Å². The lowest BCUT2D eigenvalue weighted by molar-refractivity contribution is -0.0320. The van der Waals surface area contributed by atoms with Crippen molar-refractivity contribution in [3.05, 3.63) is 0 Å². The molecule has 1 unspecified atom stereocenters. The molecule has 0 aromatic carbocycles. The Morgan fingerprint density at radius 2 is 2.00 bits per heavy atom. The zero-order valence-corrected chi connectivity index (χ0v) is 11.7. The fraction of sp³-hybridized carbons (Fsp3) is 1.00. The van der Waals surface area contributed by atoms with Gasteiger partial charge in [0.05, 0.1) is 12.7 Å². The molecule has 1 saturated carbocycles. The molecule has 3 nitrogen and oxygen atoms in total. The van der Waals surface area contributed by atoms with Gasteiger partial charge in [0.15, 0.2) is 0 Å². The molecule has 17 heavy (non-hydrogen) atoms. The van der Waals surface area contributed by atoms with E-state index < -0.39 is 0 Å². The molecule has 1 atom stereocenters. The van der Waals surface area contributed by atoms with Crippen molar-refractivity contribution in [1.29, 1.82) is 0 Å². The number of nitrogens with one attached hydrogen (secondary N) is 1. The molecule has 1 aliphatic carbocycles. The van der Waals surface area contributed by atoms with E-state index in [0.29, 0.717) is 12.1 Å². The van der Waals surface area contributed by atoms with E-state index in [2.05, 4.69) is 26.1 Å². The highest BCUT2D eigenvalue weighted by Crippen LogP contribution is 2.33. The van der Waals surface area contributed by atoms with Crippen LogP contribution in [0.15, 0.2) is 0 Å². The predicted octanol–water partition coefficient (Wildman–Crippen LogP) is 2.60. The molecule has 1 N–H and O–H groups in total. The van der Waals surface area contributed by atoms with Gasteiger partial charge < -0.3 is 14.8 Å². The Morgan fingerprint density at radius 3 is 2.59 bits per heavy atom. The molecule has 0 bridgehead atoms. The highest BCUT2D eigenvalue weighted by atomic mass is 16.5. The number of hydrogen-bond acceptors (Lipinski definition) is 3. The summed E-state index contributed by atoms with van der Waals surface area (Å²) in [5, 5.41) is 3.52. The van der Waals surface area contributed by atoms with Gasteiger partial charge in [-0.2, -0.15) is 0 Å². The predicted molar refractivity (Wildman–Crippen MR) is 71.3 cm³/mol. The van der Waals surface area contributed by atoms with Crippen molar-refractivity contribution in [3.8, 4) is 0 Å². The molecular weight excluding hydrogens is 214 g/mol. The first-order chi connectivity index (χ1) is 8.30. The molecule has 0 amide bonds. The van der Waals surface area contributed by atoms with Crippen LogP contribution in [-0.4, -0.2) is 38.5 Å². The van der Waals surface area contributed by atoms with Crippen molar-refractivity contribution in [1.82, 2.24) is 5.32 Å². The largest absolute Gasteiger partial charge is 0.380 e. The minimum atomic E-state index is 0.527. The van der Waals surface area contributed by atoms with E-state index in [9.17, 15) is 0 Å². The molecule has 1 rings (SSSR count). The van der Waals surface area contributed by atoms with Crippen LogP contribution in [0.1, 0.15) is 46.5 Å². The lowest BCUT2D eigenvalue weighted by atomic mass is 9.78. The van der Waals surface area contributed by atoms with Crippen LogP contribution in [0.4, 0.5) is 0 Å². The summed E-state index contributed by atoms with van der Waals surface area (Å²) in [4.78, 5) is 0. The summed E-state index contributed by atoms with van der Waals surface area (Å²) >= 11 is 0. The lowest BCUT2D eigenvalue weighted by Gasteiger charge is -2.37. The SMILES string of the molecule is CCCOCC(CC1CC(OCC)C1)NCC. The van der Waals surface area contributed by atoms with Crippen LogP contribution in [-0.2, 0) is 9.47 Å². The molecule has 102 valence electrons. The molecular formula is C14H29NO2. The molecule has 0 spiro atoms. The monoisotopic (exact) mass is 243 g/mol. The third-order valence-corrected chi connectivity index (χ3v) is 3.37. The Morgan fingerprint density at radius 1 is 1.24 bits per heavy atom. The first-order valence-electron chi connectivity index (χ1n) is 7.22. The normalized spacial score (nSPS) is 25.6. The molecule has 1 aliphatic rings. The Bertz CT molecular complexity index is 181. The highest BCUT2D eigenvalue weighted by molar-refractivity contribution is 4.84. The average molecular weight is 243 g/mol. The summed E-state index contributed by atoms with van der Waals surface area (Å²) in [5.41, 5.74) is 0. The standard InChI is InChI=1S/C14H29NO2/c1-4-7-16-11-13(15-5-2)8-12-9-14(10-12)17-6-3/h12-15H,4-11H2,1-3H3. The second-order valence-corrected chi connectivity index (χ2v) is 4.98. The zero-order chi connectivity index (χ0) is 12.5. The van der Waals surface area contributed by atoms with Gasteiger partial charge in [-0.15, -0.1) is 0 Å². The van der Waals surface area contributed by atoms with Crippen LogP contribution in [0.25, 0.3) is 0 Å². The van der Waals surface area contributed by atoms with E-state index in [-0.39, 0.29) is 0 Å². The van der Waals surface area contributed by atoms with Crippen molar-refractivity contribution in [2.24, 2.45) is 5.92 Å². The van der Waals surface area contributed by atoms with E-state index in [1.165, 1.54) is 19.3 Å². The number of rotatable bonds is 10. The second-order valence-electron chi connectivity index (χ2n) is 4.98. The van der Waals surface area contributed by atoms with Crippen molar-refractivity contribution < 1.29 is 9.47 Å². The smallest absolute Gasteiger partial charge is 0.0619 e. The van der Waals surface area contributed by atoms with Gasteiger partial charge in [0.1, 0.15) is 0 Å². The molecule has 0 saturated heterocycles. The van der Waals surface area contributed by atoms with Crippen LogP contribution in [0.3, 0.4) is 0 Å². The first-order valence-corrected chi connectivity index (χ1v) is 7.22. The Kier molecular flexibility index (Phi) is 7.82. The molecule has 0 aliphatic heterocycles. The van der Waals surface area contributed by atoms with Crippen molar-refractivity contribution in [2.45, 2.75) is 58.6 Å². The Balaban J connectivity index is 2.12. The van der Waals surface area contributed by atoms with Crippen molar-refractivity contribution >= 4 is 0 Å². The van der Waals surface area contributed by atoms with E-state index in [4.69, 9.17) is 9.47 Å². The van der Waals surface area contributed by atoms with Gasteiger partial charge in [0.25, 0.3) is 0 Å². The number of hydrogen-bond donors (Lipinski definition) is 1. The summed E-state index contributed by atoms with van der Waals surface area (Å²) in [6, 6.07) is 0.527. The van der Waals surface area contributed by atoms with Gasteiger partial charge in [0.2, 0.25) is 0 Å². The molecule has 3 heteroatoms. The van der Waals surface area contributed by atoms with Gasteiger partial charge in [-0.05, 0) is 45.1 Å². The van der Waals surface area contributed by atoms with Crippen LogP contribution in [0, 0.1) is 5.92 Å². The topological polar surface area (TPSA) is 30.5 Å². The third-order valence-electron chi connectivity index (χ3n) is 3.37. The van der Waals surface area contributed by atoms with E-state index in [1.807, 2.05) is 0 Å². The minimum Gasteiger partial charge on any atom is -0.380 e. The molecule has 0 radical (unpaired) electrons. The van der Waals surface area contributed by atoms with Crippen LogP contribution in [0.5, 0.6) is 0 Å². The van der Waals surface area contributed by atoms with Gasteiger partial charge >= 0.3 is 0 Å². The highest BCUT2D eigenvalue weighted by Gasteiger charge is 2.31. The lowest BCUT2D eigenvalue weighted by Crippen LogP contribution is -2.40. The van der Waals surface area contributed by atoms with Crippen molar-refractivity contribution in [2.75, 3.05) is 26.4 Å². The summed E-state index contributed by atoms with van der Waals surface area (Å²) in [5.74, 6) is 0.834. The maximum Gasteiger partial charge on any atom is 0.0619 e. The zero-order valence-electron chi connectivity index (χ0n) is 11.7. The maximum atomic E-state index is 5.65. The summed E-state index contributed by atoms with van der Waals surface area (Å²) in [6.07, 6.45) is 5.35. The summed E-state index contributed by atoms with van der Waals surface area (Å²) in [7, 11) is 0. The maximum absolute atomic E-state index is 5.65. The molecule has 1 fully saturated rings. The fourth-order valence-corrected chi connectivity index (χ4v) is 2.51. The summed E-state index contributed by atoms with van der Waals surface area (Å²) < 4.78 is 11.2. The van der Waals surface area contributed by atoms with Crippen molar-refractivity contribution in [3.63, 3.8) is 0 Å². The number of likely N-dealkylation sites (N-methyl/N-ethyl adjacent to an activating group) is 1. The van der Waals surface area contributed by atoms with Gasteiger partial charge in [-0.1, -0.05) is 13.8 Å². The van der Waals surface area contributed by atoms with Crippen LogP contribution in [0.2, 0.25) is 0 Å². The van der Waals surface area contributed by atoms with E-state index in [0.717, 1.165) is 38.7 Å². The van der Waals surface area contributed by atoms with E-state index in [1.54, 1.807) is 0 Å². The fourth-order valence-electron chi connectivity index (χ4n) is 2.51. The quantitative estimate of drug-likeness (QED) is 0.598. The number of ether oxygens (including phenoxy) is 2. The second kappa shape index (κ2) is 8.90. The minimum absolute atomic E-state index is 0.527. The Labute approximate surface area is 106 Å². The molecule has 0 aromatic heterocycles. The average Bonchev–Trinajstić information content (AvgIpc) is 2.26. The van der Waals surface area contributed by atoms with Gasteiger partial charge in [-0.25, -0.2) is 0 Å². The first kappa shape index (κ1) is 14.9. The summed E-state index contributed by atoms with van der Waals surface area (Å²) in [6.45, 7) is 10.0. The van der Waals surface area contributed by atoms with Gasteiger partial charge in [0, 0.05) is 19.3 Å². The van der Waals surface area contributed by atoms with Gasteiger partial charge in [-0.3, -0.25) is 0 Å². The molecule has 0 heterocycles. The van der Waals surface area contributed by atoms with Crippen LogP contribution >= 0.6 is 0 Å². The van der Waals surface area contributed by atoms with Crippen LogP contribution < -0.4 is 5.32 Å². The third kappa shape index (κ3) is 5.84. The molecule has 0 aromatic rings.